The summed E-state index contributed by atoms with van der Waals surface area (Å²) in [6, 6.07) is 9.91. The highest BCUT2D eigenvalue weighted by molar-refractivity contribution is 7.20. The van der Waals surface area contributed by atoms with Crippen LogP contribution in [0.5, 0.6) is 0 Å². The molecule has 8 nitrogen and oxygen atoms in total. The first kappa shape index (κ1) is 26.0. The summed E-state index contributed by atoms with van der Waals surface area (Å²) >= 11 is 1.17. The van der Waals surface area contributed by atoms with Crippen LogP contribution in [-0.4, -0.2) is 57.3 Å². The zero-order valence-corrected chi connectivity index (χ0v) is 21.1. The van der Waals surface area contributed by atoms with Gasteiger partial charge in [0.05, 0.1) is 37.4 Å². The fourth-order valence-corrected chi connectivity index (χ4v) is 4.67. The number of nitrogens with zero attached hydrogens (tertiary/aromatic N) is 2. The predicted molar refractivity (Wildman–Crippen MR) is 133 cm³/mol. The SMILES string of the molecule is Cc1c(C(=O)OC(C)C)sc2nc(CN(CC(O)COCc3ccccc3)C(C)C)[nH]c(=O)c12. The van der Waals surface area contributed by atoms with E-state index in [2.05, 4.69) is 9.97 Å². The van der Waals surface area contributed by atoms with Crippen LogP contribution in [0.15, 0.2) is 35.1 Å². The van der Waals surface area contributed by atoms with Crippen molar-refractivity contribution in [2.24, 2.45) is 0 Å². The Labute approximate surface area is 203 Å². The molecule has 0 aliphatic rings. The van der Waals surface area contributed by atoms with Gasteiger partial charge in [-0.25, -0.2) is 9.78 Å². The summed E-state index contributed by atoms with van der Waals surface area (Å²) in [5, 5.41) is 10.9. The lowest BCUT2D eigenvalue weighted by molar-refractivity contribution is 0.00267. The zero-order valence-electron chi connectivity index (χ0n) is 20.3. The molecule has 3 aromatic rings. The Kier molecular flexibility index (Phi) is 8.96. The van der Waals surface area contributed by atoms with Crippen molar-refractivity contribution in [3.05, 3.63) is 62.5 Å². The lowest BCUT2D eigenvalue weighted by atomic mass is 10.2. The molecule has 9 heteroatoms. The molecule has 1 atom stereocenters. The van der Waals surface area contributed by atoms with E-state index < -0.39 is 12.1 Å². The first-order valence-corrected chi connectivity index (χ1v) is 12.2. The number of benzene rings is 1. The van der Waals surface area contributed by atoms with Gasteiger partial charge in [-0.05, 0) is 45.7 Å². The van der Waals surface area contributed by atoms with Crippen LogP contribution in [0.3, 0.4) is 0 Å². The number of fused-ring (bicyclic) bond motifs is 1. The van der Waals surface area contributed by atoms with E-state index in [0.29, 0.717) is 46.2 Å². The summed E-state index contributed by atoms with van der Waals surface area (Å²) in [4.78, 5) is 35.6. The molecule has 0 aliphatic heterocycles. The Morgan fingerprint density at radius 2 is 1.91 bits per heavy atom. The number of hydrogen-bond donors (Lipinski definition) is 2. The molecule has 3 rings (SSSR count). The quantitative estimate of drug-likeness (QED) is 0.398. The summed E-state index contributed by atoms with van der Waals surface area (Å²) < 4.78 is 11.0. The Bertz CT molecular complexity index is 1160. The normalized spacial score (nSPS) is 12.7. The molecule has 0 saturated carbocycles. The maximum Gasteiger partial charge on any atom is 0.348 e. The van der Waals surface area contributed by atoms with Gasteiger partial charge in [-0.15, -0.1) is 11.3 Å². The first-order chi connectivity index (χ1) is 16.2. The number of carbonyl (C=O) groups is 1. The smallest absolute Gasteiger partial charge is 0.348 e. The van der Waals surface area contributed by atoms with Crippen molar-refractivity contribution in [2.75, 3.05) is 13.2 Å². The molecular formula is C25H33N3O5S. The van der Waals surface area contributed by atoms with E-state index in [4.69, 9.17) is 9.47 Å². The van der Waals surface area contributed by atoms with Crippen LogP contribution < -0.4 is 5.56 Å². The Balaban J connectivity index is 1.69. The number of aliphatic hydroxyl groups is 1. The molecule has 0 saturated heterocycles. The molecule has 0 amide bonds. The van der Waals surface area contributed by atoms with Gasteiger partial charge in [0.2, 0.25) is 0 Å². The predicted octanol–water partition coefficient (Wildman–Crippen LogP) is 3.65. The maximum atomic E-state index is 12.8. The summed E-state index contributed by atoms with van der Waals surface area (Å²) in [5.74, 6) is 0.0347. The second-order valence-corrected chi connectivity index (χ2v) is 9.88. The molecule has 0 bridgehead atoms. The fourth-order valence-electron chi connectivity index (χ4n) is 3.59. The van der Waals surface area contributed by atoms with Gasteiger partial charge in [-0.3, -0.25) is 9.69 Å². The van der Waals surface area contributed by atoms with Crippen molar-refractivity contribution in [3.63, 3.8) is 0 Å². The molecule has 0 radical (unpaired) electrons. The van der Waals surface area contributed by atoms with Crippen LogP contribution in [0.1, 0.15) is 54.3 Å². The Morgan fingerprint density at radius 1 is 1.21 bits per heavy atom. The number of aliphatic hydroxyl groups excluding tert-OH is 1. The lowest BCUT2D eigenvalue weighted by Gasteiger charge is -2.28. The van der Waals surface area contributed by atoms with Gasteiger partial charge in [-0.1, -0.05) is 30.3 Å². The van der Waals surface area contributed by atoms with Crippen LogP contribution in [0.2, 0.25) is 0 Å². The van der Waals surface area contributed by atoms with E-state index in [0.717, 1.165) is 5.56 Å². The molecule has 184 valence electrons. The molecule has 2 aromatic heterocycles. The molecule has 2 N–H and O–H groups in total. The van der Waals surface area contributed by atoms with Crippen molar-refractivity contribution in [2.45, 2.75) is 66.0 Å². The number of aryl methyl sites for hydroxylation is 1. The third kappa shape index (κ3) is 6.73. The van der Waals surface area contributed by atoms with Crippen LogP contribution in [-0.2, 0) is 22.6 Å². The van der Waals surface area contributed by atoms with Crippen molar-refractivity contribution in [1.29, 1.82) is 0 Å². The largest absolute Gasteiger partial charge is 0.459 e. The minimum absolute atomic E-state index is 0.103. The minimum atomic E-state index is -0.692. The van der Waals surface area contributed by atoms with E-state index in [1.807, 2.05) is 49.1 Å². The van der Waals surface area contributed by atoms with E-state index in [1.165, 1.54) is 11.3 Å². The lowest BCUT2D eigenvalue weighted by Crippen LogP contribution is -2.39. The monoisotopic (exact) mass is 487 g/mol. The third-order valence-corrected chi connectivity index (χ3v) is 6.49. The van der Waals surface area contributed by atoms with Crippen molar-refractivity contribution in [1.82, 2.24) is 14.9 Å². The maximum absolute atomic E-state index is 12.8. The highest BCUT2D eigenvalue weighted by atomic mass is 32.1. The number of nitrogens with one attached hydrogen (secondary N) is 1. The number of ether oxygens (including phenoxy) is 2. The average molecular weight is 488 g/mol. The highest BCUT2D eigenvalue weighted by Gasteiger charge is 2.22. The number of carbonyl (C=O) groups excluding carboxylic acids is 1. The molecule has 0 fully saturated rings. The van der Waals surface area contributed by atoms with Crippen LogP contribution >= 0.6 is 11.3 Å². The number of aromatic amines is 1. The van der Waals surface area contributed by atoms with Gasteiger partial charge < -0.3 is 19.6 Å². The van der Waals surface area contributed by atoms with Crippen molar-refractivity contribution < 1.29 is 19.4 Å². The Hall–Kier alpha value is -2.59. The molecular weight excluding hydrogens is 454 g/mol. The van der Waals surface area contributed by atoms with Gasteiger partial charge >= 0.3 is 5.97 Å². The third-order valence-electron chi connectivity index (χ3n) is 5.33. The number of aromatic nitrogens is 2. The Morgan fingerprint density at radius 3 is 2.56 bits per heavy atom. The molecule has 0 spiro atoms. The van der Waals surface area contributed by atoms with Gasteiger partial charge in [0.1, 0.15) is 15.5 Å². The number of rotatable bonds is 11. The molecule has 1 aromatic carbocycles. The number of H-pyrrole nitrogens is 1. The topological polar surface area (TPSA) is 105 Å². The van der Waals surface area contributed by atoms with E-state index in [1.54, 1.807) is 20.8 Å². The summed E-state index contributed by atoms with van der Waals surface area (Å²) in [6.07, 6.45) is -0.940. The van der Waals surface area contributed by atoms with Gasteiger partial charge in [0.25, 0.3) is 5.56 Å². The summed E-state index contributed by atoms with van der Waals surface area (Å²) in [7, 11) is 0. The van der Waals surface area contributed by atoms with E-state index >= 15 is 0 Å². The molecule has 34 heavy (non-hydrogen) atoms. The summed E-state index contributed by atoms with van der Waals surface area (Å²) in [5.41, 5.74) is 1.35. The highest BCUT2D eigenvalue weighted by Crippen LogP contribution is 2.28. The molecule has 0 aliphatic carbocycles. The van der Waals surface area contributed by atoms with Crippen LogP contribution in [0.4, 0.5) is 0 Å². The fraction of sp³-hybridized carbons (Fsp3) is 0.480. The second-order valence-electron chi connectivity index (χ2n) is 8.88. The van der Waals surface area contributed by atoms with Crippen molar-refractivity contribution >= 4 is 27.5 Å². The molecule has 2 heterocycles. The van der Waals surface area contributed by atoms with Gasteiger partial charge in [-0.2, -0.15) is 0 Å². The second kappa shape index (κ2) is 11.7. The van der Waals surface area contributed by atoms with Gasteiger partial charge in [0, 0.05) is 12.6 Å². The van der Waals surface area contributed by atoms with Gasteiger partial charge in [0.15, 0.2) is 0 Å². The summed E-state index contributed by atoms with van der Waals surface area (Å²) in [6.45, 7) is 10.7. The standard InChI is InChI=1S/C25H33N3O5S/c1-15(2)28(11-19(29)14-32-13-18-9-7-6-8-10-18)12-20-26-23(30)21-17(5)22(34-24(21)27-20)25(31)33-16(3)4/h6-10,15-16,19,29H,11-14H2,1-5H3,(H,26,27,30). The van der Waals surface area contributed by atoms with Crippen LogP contribution in [0, 0.1) is 6.92 Å². The number of hydrogen-bond acceptors (Lipinski definition) is 8. The zero-order chi connectivity index (χ0) is 24.8. The molecule has 1 unspecified atom stereocenters. The average Bonchev–Trinajstić information content (AvgIpc) is 3.10. The van der Waals surface area contributed by atoms with Crippen LogP contribution in [0.25, 0.3) is 10.2 Å². The number of thiophene rings is 1. The number of esters is 1. The van der Waals surface area contributed by atoms with Crippen molar-refractivity contribution in [3.8, 4) is 0 Å². The van der Waals surface area contributed by atoms with E-state index in [9.17, 15) is 14.7 Å². The minimum Gasteiger partial charge on any atom is -0.459 e. The van der Waals surface area contributed by atoms with E-state index in [-0.39, 0.29) is 24.3 Å². The first-order valence-electron chi connectivity index (χ1n) is 11.4.